The minimum Gasteiger partial charge on any atom is -0.480 e. The van der Waals surface area contributed by atoms with Crippen LogP contribution in [0.4, 0.5) is 4.79 Å². The lowest BCUT2D eigenvalue weighted by molar-refractivity contribution is -0.139. The van der Waals surface area contributed by atoms with E-state index in [0.717, 1.165) is 6.42 Å². The summed E-state index contributed by atoms with van der Waals surface area (Å²) in [5.41, 5.74) is 0. The highest BCUT2D eigenvalue weighted by atomic mass is 16.5. The molecular formula is C12H22N2O5. The fourth-order valence-corrected chi connectivity index (χ4v) is 2.03. The van der Waals surface area contributed by atoms with Gasteiger partial charge in [0, 0.05) is 33.9 Å². The fraction of sp³-hybridized carbons (Fsp3) is 0.833. The summed E-state index contributed by atoms with van der Waals surface area (Å²) in [5.74, 6) is -1.02. The third-order valence-electron chi connectivity index (χ3n) is 3.20. The predicted molar refractivity (Wildman–Crippen MR) is 68.1 cm³/mol. The van der Waals surface area contributed by atoms with E-state index in [9.17, 15) is 9.59 Å². The number of nitrogens with zero attached hydrogens (tertiary/aromatic N) is 1. The molecule has 2 atom stereocenters. The summed E-state index contributed by atoms with van der Waals surface area (Å²) >= 11 is 0. The van der Waals surface area contributed by atoms with Crippen LogP contribution in [0.2, 0.25) is 0 Å². The average molecular weight is 274 g/mol. The van der Waals surface area contributed by atoms with E-state index in [1.165, 1.54) is 0 Å². The number of aliphatic carboxylic acids is 1. The van der Waals surface area contributed by atoms with Crippen molar-refractivity contribution in [2.75, 3.05) is 33.9 Å². The first-order valence-corrected chi connectivity index (χ1v) is 6.38. The Kier molecular flexibility index (Phi) is 6.58. The molecule has 1 heterocycles. The molecule has 1 saturated heterocycles. The molecule has 0 aromatic carbocycles. The number of urea groups is 1. The van der Waals surface area contributed by atoms with Gasteiger partial charge >= 0.3 is 12.0 Å². The van der Waals surface area contributed by atoms with Crippen LogP contribution in [-0.4, -0.2) is 68.1 Å². The number of rotatable bonds is 7. The van der Waals surface area contributed by atoms with Gasteiger partial charge in [0.25, 0.3) is 0 Å². The van der Waals surface area contributed by atoms with E-state index in [-0.39, 0.29) is 12.1 Å². The van der Waals surface area contributed by atoms with Crippen molar-refractivity contribution in [2.45, 2.75) is 31.4 Å². The molecule has 1 aliphatic rings. The summed E-state index contributed by atoms with van der Waals surface area (Å²) in [5, 5.41) is 11.6. The molecule has 110 valence electrons. The van der Waals surface area contributed by atoms with Crippen molar-refractivity contribution < 1.29 is 24.2 Å². The molecule has 0 radical (unpaired) electrons. The summed E-state index contributed by atoms with van der Waals surface area (Å²) in [6.45, 7) is 1.58. The lowest BCUT2D eigenvalue weighted by Crippen LogP contribution is -2.47. The Hall–Kier alpha value is -1.34. The molecular weight excluding hydrogens is 252 g/mol. The molecule has 0 saturated carbocycles. The third-order valence-corrected chi connectivity index (χ3v) is 3.20. The molecule has 2 unspecified atom stereocenters. The smallest absolute Gasteiger partial charge is 0.326 e. The molecule has 7 heteroatoms. The zero-order valence-electron chi connectivity index (χ0n) is 11.4. The largest absolute Gasteiger partial charge is 0.480 e. The standard InChI is InChI=1S/C12H22N2O5/c1-18-7-3-4-10(11(15)16)13-12(17)14-6-5-9(8-14)19-2/h9-10H,3-8H2,1-2H3,(H,13,17)(H,15,16). The van der Waals surface area contributed by atoms with E-state index in [1.807, 2.05) is 0 Å². The fourth-order valence-electron chi connectivity index (χ4n) is 2.03. The molecule has 1 fully saturated rings. The number of carboxylic acids is 1. The van der Waals surface area contributed by atoms with Crippen molar-refractivity contribution in [1.82, 2.24) is 10.2 Å². The number of nitrogens with one attached hydrogen (secondary N) is 1. The van der Waals surface area contributed by atoms with Gasteiger partial charge in [-0.05, 0) is 19.3 Å². The quantitative estimate of drug-likeness (QED) is 0.652. The van der Waals surface area contributed by atoms with Gasteiger partial charge in [0.1, 0.15) is 6.04 Å². The molecule has 0 aromatic rings. The Morgan fingerprint density at radius 3 is 2.74 bits per heavy atom. The highest BCUT2D eigenvalue weighted by Crippen LogP contribution is 2.12. The second kappa shape index (κ2) is 7.96. The molecule has 0 bridgehead atoms. The van der Waals surface area contributed by atoms with Gasteiger partial charge in [-0.15, -0.1) is 0 Å². The maximum atomic E-state index is 11.9. The number of ether oxygens (including phenoxy) is 2. The van der Waals surface area contributed by atoms with Crippen LogP contribution in [0.5, 0.6) is 0 Å². The number of amides is 2. The zero-order chi connectivity index (χ0) is 14.3. The SMILES string of the molecule is COCCCC(NC(=O)N1CCC(OC)C1)C(=O)O. The maximum absolute atomic E-state index is 11.9. The molecule has 0 spiro atoms. The summed E-state index contributed by atoms with van der Waals surface area (Å²) in [7, 11) is 3.17. The summed E-state index contributed by atoms with van der Waals surface area (Å²) in [6.07, 6.45) is 1.78. The topological polar surface area (TPSA) is 88.1 Å². The molecule has 2 N–H and O–H groups in total. The van der Waals surface area contributed by atoms with Crippen molar-refractivity contribution in [2.24, 2.45) is 0 Å². The van der Waals surface area contributed by atoms with Crippen molar-refractivity contribution in [1.29, 1.82) is 0 Å². The highest BCUT2D eigenvalue weighted by molar-refractivity contribution is 5.82. The number of hydrogen-bond donors (Lipinski definition) is 2. The van der Waals surface area contributed by atoms with Crippen molar-refractivity contribution in [3.05, 3.63) is 0 Å². The van der Waals surface area contributed by atoms with Crippen LogP contribution >= 0.6 is 0 Å². The Labute approximate surface area is 112 Å². The lowest BCUT2D eigenvalue weighted by atomic mass is 10.1. The molecule has 0 aromatic heterocycles. The Morgan fingerprint density at radius 2 is 2.21 bits per heavy atom. The molecule has 1 rings (SSSR count). The maximum Gasteiger partial charge on any atom is 0.326 e. The molecule has 19 heavy (non-hydrogen) atoms. The van der Waals surface area contributed by atoms with Crippen LogP contribution in [0.3, 0.4) is 0 Å². The summed E-state index contributed by atoms with van der Waals surface area (Å²) in [4.78, 5) is 24.6. The zero-order valence-corrected chi connectivity index (χ0v) is 11.4. The van der Waals surface area contributed by atoms with Gasteiger partial charge in [-0.2, -0.15) is 0 Å². The first-order valence-electron chi connectivity index (χ1n) is 6.38. The van der Waals surface area contributed by atoms with Gasteiger partial charge < -0.3 is 24.8 Å². The van der Waals surface area contributed by atoms with E-state index in [1.54, 1.807) is 19.1 Å². The van der Waals surface area contributed by atoms with Crippen molar-refractivity contribution >= 4 is 12.0 Å². The van der Waals surface area contributed by atoms with E-state index in [2.05, 4.69) is 5.32 Å². The van der Waals surface area contributed by atoms with Gasteiger partial charge in [0.15, 0.2) is 0 Å². The first-order chi connectivity index (χ1) is 9.08. The number of hydrogen-bond acceptors (Lipinski definition) is 4. The second-order valence-electron chi connectivity index (χ2n) is 4.57. The van der Waals surface area contributed by atoms with Gasteiger partial charge in [-0.3, -0.25) is 0 Å². The van der Waals surface area contributed by atoms with Gasteiger partial charge in [-0.25, -0.2) is 9.59 Å². The first kappa shape index (κ1) is 15.7. The predicted octanol–water partition coefficient (Wildman–Crippen LogP) is 0.297. The molecule has 0 aliphatic carbocycles. The number of carbonyl (C=O) groups is 2. The van der Waals surface area contributed by atoms with E-state index in [4.69, 9.17) is 14.6 Å². The molecule has 1 aliphatic heterocycles. The minimum absolute atomic E-state index is 0.0440. The number of carboxylic acid groups (broad SMARTS) is 1. The monoisotopic (exact) mass is 274 g/mol. The average Bonchev–Trinajstić information content (AvgIpc) is 2.86. The number of likely N-dealkylation sites (tertiary alicyclic amines) is 1. The van der Waals surface area contributed by atoms with Gasteiger partial charge in [-0.1, -0.05) is 0 Å². The molecule has 7 nitrogen and oxygen atoms in total. The normalized spacial score (nSPS) is 20.3. The van der Waals surface area contributed by atoms with Crippen LogP contribution < -0.4 is 5.32 Å². The van der Waals surface area contributed by atoms with Gasteiger partial charge in [0.05, 0.1) is 6.10 Å². The highest BCUT2D eigenvalue weighted by Gasteiger charge is 2.28. The van der Waals surface area contributed by atoms with Crippen LogP contribution in [0, 0.1) is 0 Å². The van der Waals surface area contributed by atoms with Crippen LogP contribution in [0.1, 0.15) is 19.3 Å². The number of carbonyl (C=O) groups excluding carboxylic acids is 1. The Balaban J connectivity index is 2.41. The van der Waals surface area contributed by atoms with Gasteiger partial charge in [0.2, 0.25) is 0 Å². The minimum atomic E-state index is -1.02. The van der Waals surface area contributed by atoms with E-state index >= 15 is 0 Å². The summed E-state index contributed by atoms with van der Waals surface area (Å²) < 4.78 is 10.0. The van der Waals surface area contributed by atoms with Crippen molar-refractivity contribution in [3.8, 4) is 0 Å². The molecule has 2 amide bonds. The Bertz CT molecular complexity index is 310. The van der Waals surface area contributed by atoms with Crippen LogP contribution in [0.25, 0.3) is 0 Å². The lowest BCUT2D eigenvalue weighted by Gasteiger charge is -2.20. The van der Waals surface area contributed by atoms with E-state index in [0.29, 0.717) is 32.5 Å². The van der Waals surface area contributed by atoms with Crippen LogP contribution in [0.15, 0.2) is 0 Å². The van der Waals surface area contributed by atoms with E-state index < -0.39 is 12.0 Å². The Morgan fingerprint density at radius 1 is 1.47 bits per heavy atom. The van der Waals surface area contributed by atoms with Crippen LogP contribution in [-0.2, 0) is 14.3 Å². The second-order valence-corrected chi connectivity index (χ2v) is 4.57. The summed E-state index contributed by atoms with van der Waals surface area (Å²) in [6, 6.07) is -1.21. The number of methoxy groups -OCH3 is 2. The third kappa shape index (κ3) is 5.04. The van der Waals surface area contributed by atoms with Crippen molar-refractivity contribution in [3.63, 3.8) is 0 Å².